The Morgan fingerprint density at radius 1 is 1.40 bits per heavy atom. The Kier molecular flexibility index (Phi) is 6.97. The molecule has 0 rings (SSSR count). The highest BCUT2D eigenvalue weighted by atomic mass is 16.4. The molecule has 0 aliphatic heterocycles. The van der Waals surface area contributed by atoms with Crippen molar-refractivity contribution in [1.82, 2.24) is 5.32 Å². The van der Waals surface area contributed by atoms with Crippen molar-refractivity contribution in [3.63, 3.8) is 0 Å². The van der Waals surface area contributed by atoms with Crippen molar-refractivity contribution in [2.45, 2.75) is 32.7 Å². The molecule has 15 heavy (non-hydrogen) atoms. The second kappa shape index (κ2) is 7.79. The molecule has 0 saturated carbocycles. The number of carbonyl (C=O) groups excluding carboxylic acids is 1. The van der Waals surface area contributed by atoms with Crippen molar-refractivity contribution in [3.8, 4) is 0 Å². The first kappa shape index (κ1) is 13.4. The highest BCUT2D eigenvalue weighted by Gasteiger charge is 2.16. The van der Waals surface area contributed by atoms with Crippen molar-refractivity contribution in [2.75, 3.05) is 0 Å². The number of carbonyl (C=O) groups is 2. The van der Waals surface area contributed by atoms with Crippen LogP contribution in [-0.4, -0.2) is 23.0 Å². The maximum Gasteiger partial charge on any atom is 0.326 e. The summed E-state index contributed by atoms with van der Waals surface area (Å²) in [6, 6.07) is -0.794. The lowest BCUT2D eigenvalue weighted by Crippen LogP contribution is -2.39. The maximum absolute atomic E-state index is 11.2. The van der Waals surface area contributed by atoms with Gasteiger partial charge in [-0.2, -0.15) is 0 Å². The summed E-state index contributed by atoms with van der Waals surface area (Å²) in [5.41, 5.74) is 0. The molecule has 0 radical (unpaired) electrons. The normalized spacial score (nSPS) is 13.2. The van der Waals surface area contributed by atoms with Gasteiger partial charge in [-0.3, -0.25) is 4.79 Å². The molecule has 0 aromatic heterocycles. The first-order chi connectivity index (χ1) is 7.11. The summed E-state index contributed by atoms with van der Waals surface area (Å²) in [6.45, 7) is 3.71. The molecular formula is C11H17NO3. The Balaban J connectivity index is 4.16. The second-order valence-corrected chi connectivity index (χ2v) is 3.07. The third-order valence-electron chi connectivity index (χ3n) is 1.74. The first-order valence-corrected chi connectivity index (χ1v) is 4.94. The highest BCUT2D eigenvalue weighted by Crippen LogP contribution is 1.96. The molecule has 0 spiro atoms. The fraction of sp³-hybridized carbons (Fsp3) is 0.455. The van der Waals surface area contributed by atoms with Gasteiger partial charge in [0.15, 0.2) is 0 Å². The van der Waals surface area contributed by atoms with Gasteiger partial charge in [-0.1, -0.05) is 31.6 Å². The number of carboxylic acid groups (broad SMARTS) is 1. The largest absolute Gasteiger partial charge is 0.480 e. The summed E-state index contributed by atoms with van der Waals surface area (Å²) < 4.78 is 0. The zero-order valence-electron chi connectivity index (χ0n) is 9.06. The third-order valence-corrected chi connectivity index (χ3v) is 1.74. The van der Waals surface area contributed by atoms with Crippen molar-refractivity contribution in [2.24, 2.45) is 0 Å². The summed E-state index contributed by atoms with van der Waals surface area (Å²) >= 11 is 0. The fourth-order valence-electron chi connectivity index (χ4n) is 1.02. The van der Waals surface area contributed by atoms with Crippen LogP contribution in [0.4, 0.5) is 0 Å². The molecule has 0 aromatic rings. The summed E-state index contributed by atoms with van der Waals surface area (Å²) in [6.07, 6.45) is 7.53. The van der Waals surface area contributed by atoms with Gasteiger partial charge < -0.3 is 10.4 Å². The monoisotopic (exact) mass is 211 g/mol. The van der Waals surface area contributed by atoms with Gasteiger partial charge >= 0.3 is 5.97 Å². The number of allylic oxidation sites excluding steroid dienone is 3. The van der Waals surface area contributed by atoms with Crippen LogP contribution >= 0.6 is 0 Å². The minimum absolute atomic E-state index is 0.381. The van der Waals surface area contributed by atoms with Crippen LogP contribution < -0.4 is 5.32 Å². The molecule has 0 saturated heterocycles. The lowest BCUT2D eigenvalue weighted by Gasteiger charge is -2.11. The van der Waals surface area contributed by atoms with Crippen molar-refractivity contribution in [3.05, 3.63) is 24.3 Å². The average molecular weight is 211 g/mol. The van der Waals surface area contributed by atoms with Gasteiger partial charge in [-0.05, 0) is 13.3 Å². The molecule has 4 nitrogen and oxygen atoms in total. The van der Waals surface area contributed by atoms with E-state index in [0.717, 1.165) is 6.42 Å². The van der Waals surface area contributed by atoms with E-state index in [1.54, 1.807) is 18.2 Å². The molecule has 0 fully saturated rings. The first-order valence-electron chi connectivity index (χ1n) is 4.94. The molecule has 0 aromatic carbocycles. The van der Waals surface area contributed by atoms with Crippen LogP contribution in [0.1, 0.15) is 26.7 Å². The van der Waals surface area contributed by atoms with Gasteiger partial charge in [0.1, 0.15) is 6.04 Å². The molecule has 4 heteroatoms. The van der Waals surface area contributed by atoms with E-state index in [1.165, 1.54) is 6.08 Å². The molecule has 0 bridgehead atoms. The third kappa shape index (κ3) is 6.49. The van der Waals surface area contributed by atoms with E-state index < -0.39 is 12.0 Å². The van der Waals surface area contributed by atoms with E-state index >= 15 is 0 Å². The quantitative estimate of drug-likeness (QED) is 0.516. The second-order valence-electron chi connectivity index (χ2n) is 3.07. The predicted octanol–water partition coefficient (Wildman–Crippen LogP) is 1.49. The summed E-state index contributed by atoms with van der Waals surface area (Å²) in [4.78, 5) is 21.9. The molecule has 0 heterocycles. The van der Waals surface area contributed by atoms with E-state index in [-0.39, 0.29) is 5.91 Å². The van der Waals surface area contributed by atoms with Crippen LogP contribution in [0.25, 0.3) is 0 Å². The van der Waals surface area contributed by atoms with E-state index in [9.17, 15) is 9.59 Å². The van der Waals surface area contributed by atoms with E-state index in [0.29, 0.717) is 6.42 Å². The number of aliphatic carboxylic acids is 1. The minimum Gasteiger partial charge on any atom is -0.480 e. The smallest absolute Gasteiger partial charge is 0.326 e. The van der Waals surface area contributed by atoms with Gasteiger partial charge in [-0.25, -0.2) is 4.79 Å². The summed E-state index contributed by atoms with van der Waals surface area (Å²) in [5.74, 6) is -1.38. The van der Waals surface area contributed by atoms with Crippen molar-refractivity contribution >= 4 is 11.9 Å². The number of carboxylic acids is 1. The van der Waals surface area contributed by atoms with Gasteiger partial charge in [0.25, 0.3) is 0 Å². The molecule has 84 valence electrons. The van der Waals surface area contributed by atoms with Crippen molar-refractivity contribution < 1.29 is 14.7 Å². The molecule has 1 unspecified atom stereocenters. The zero-order chi connectivity index (χ0) is 11.7. The lowest BCUT2D eigenvalue weighted by molar-refractivity contribution is -0.141. The molecule has 2 N–H and O–H groups in total. The fourth-order valence-corrected chi connectivity index (χ4v) is 1.02. The lowest BCUT2D eigenvalue weighted by atomic mass is 10.1. The molecule has 1 amide bonds. The van der Waals surface area contributed by atoms with E-state index in [4.69, 9.17) is 5.11 Å². The summed E-state index contributed by atoms with van der Waals surface area (Å²) in [7, 11) is 0. The van der Waals surface area contributed by atoms with E-state index in [1.807, 2.05) is 13.8 Å². The van der Waals surface area contributed by atoms with Crippen LogP contribution in [0.3, 0.4) is 0 Å². The molecule has 0 aliphatic rings. The standard InChI is InChI=1S/C11H17NO3/c1-3-5-6-8-10(13)12-9(7-4-2)11(14)15/h3,5-6,8-9H,4,7H2,1-2H3,(H,12,13)(H,14,15)/b5-3+,8-6+. The Bertz CT molecular complexity index is 269. The van der Waals surface area contributed by atoms with Crippen LogP contribution in [0.5, 0.6) is 0 Å². The average Bonchev–Trinajstić information content (AvgIpc) is 2.17. The summed E-state index contributed by atoms with van der Waals surface area (Å²) in [5, 5.41) is 11.2. The van der Waals surface area contributed by atoms with Gasteiger partial charge in [0.05, 0.1) is 0 Å². The van der Waals surface area contributed by atoms with Crippen LogP contribution in [0.15, 0.2) is 24.3 Å². The maximum atomic E-state index is 11.2. The Morgan fingerprint density at radius 3 is 2.53 bits per heavy atom. The molecule has 1 atom stereocenters. The Labute approximate surface area is 89.7 Å². The number of hydrogen-bond acceptors (Lipinski definition) is 2. The minimum atomic E-state index is -0.996. The SMILES string of the molecule is C/C=C/C=C/C(=O)NC(CCC)C(=O)O. The van der Waals surface area contributed by atoms with E-state index in [2.05, 4.69) is 5.32 Å². The highest BCUT2D eigenvalue weighted by molar-refractivity contribution is 5.91. The number of nitrogens with one attached hydrogen (secondary N) is 1. The zero-order valence-corrected chi connectivity index (χ0v) is 9.06. The van der Waals surface area contributed by atoms with Gasteiger partial charge in [-0.15, -0.1) is 0 Å². The molecular weight excluding hydrogens is 194 g/mol. The Morgan fingerprint density at radius 2 is 2.07 bits per heavy atom. The topological polar surface area (TPSA) is 66.4 Å². The van der Waals surface area contributed by atoms with Crippen molar-refractivity contribution in [1.29, 1.82) is 0 Å². The predicted molar refractivity (Wildman–Crippen MR) is 58.4 cm³/mol. The van der Waals surface area contributed by atoms with Crippen LogP contribution in [-0.2, 0) is 9.59 Å². The number of hydrogen-bond donors (Lipinski definition) is 2. The number of amides is 1. The van der Waals surface area contributed by atoms with Gasteiger partial charge in [0, 0.05) is 6.08 Å². The number of rotatable bonds is 6. The van der Waals surface area contributed by atoms with Crippen LogP contribution in [0.2, 0.25) is 0 Å². The Hall–Kier alpha value is -1.58. The van der Waals surface area contributed by atoms with Crippen LogP contribution in [0, 0.1) is 0 Å². The molecule has 0 aliphatic carbocycles. The van der Waals surface area contributed by atoms with Gasteiger partial charge in [0.2, 0.25) is 5.91 Å².